The first-order valence-electron chi connectivity index (χ1n) is 13.1. The number of phosphoric acid groups is 2. The smallest absolute Gasteiger partial charge is 0.386 e. The van der Waals surface area contributed by atoms with E-state index in [9.17, 15) is 38.7 Å². The van der Waals surface area contributed by atoms with Gasteiger partial charge in [0, 0.05) is 0 Å². The number of fused-ring (bicyclic) bond motifs is 4. The van der Waals surface area contributed by atoms with Gasteiger partial charge in [0.15, 0.2) is 34.8 Å². The van der Waals surface area contributed by atoms with Crippen LogP contribution in [0.4, 0.5) is 11.9 Å². The molecule has 0 bridgehead atoms. The molecule has 46 heavy (non-hydrogen) atoms. The second-order valence-corrected chi connectivity index (χ2v) is 13.1. The Balaban J connectivity index is 0.000000147. The summed E-state index contributed by atoms with van der Waals surface area (Å²) in [5, 5.41) is 20.7. The van der Waals surface area contributed by atoms with Crippen molar-refractivity contribution in [2.45, 2.75) is 49.1 Å². The standard InChI is InChI=1S/2C10H12N5O7P/c2*11-10-13-7-4(8(17)14-10)12-2-15(7)9-5(16)6-3(21-9)1-20-23(18,19)22-6/h2*2-3,5-6,9,16H,1H2,(H,18,19)(H3,11,13,14,17)/t2*3-,5-,6-,9-/m11/s1. The Labute approximate surface area is 253 Å². The van der Waals surface area contributed by atoms with Gasteiger partial charge in [-0.25, -0.2) is 19.1 Å². The molecule has 10 N–H and O–H groups in total. The summed E-state index contributed by atoms with van der Waals surface area (Å²) in [7, 11) is -8.43. The van der Waals surface area contributed by atoms with E-state index in [-0.39, 0.29) is 47.4 Å². The van der Waals surface area contributed by atoms with E-state index >= 15 is 0 Å². The molecule has 4 aliphatic heterocycles. The Morgan fingerprint density at radius 2 is 1.15 bits per heavy atom. The normalized spacial score (nSPS) is 37.1. The van der Waals surface area contributed by atoms with Gasteiger partial charge in [0.1, 0.15) is 36.6 Å². The number of H-pyrrole nitrogens is 2. The molecule has 0 aliphatic carbocycles. The fraction of sp³-hybridized carbons (Fsp3) is 0.500. The molecule has 4 aliphatic rings. The summed E-state index contributed by atoms with van der Waals surface area (Å²) in [6.45, 7) is -0.427. The van der Waals surface area contributed by atoms with Crippen LogP contribution >= 0.6 is 15.6 Å². The lowest BCUT2D eigenvalue weighted by molar-refractivity contribution is -0.0665. The predicted octanol–water partition coefficient (Wildman–Crippen LogP) is -3.05. The molecule has 8 rings (SSSR count). The molecule has 8 heterocycles. The minimum atomic E-state index is -4.22. The molecule has 4 aromatic heterocycles. The predicted molar refractivity (Wildman–Crippen MR) is 146 cm³/mol. The van der Waals surface area contributed by atoms with Crippen molar-refractivity contribution in [3.8, 4) is 0 Å². The number of aromatic nitrogens is 8. The van der Waals surface area contributed by atoms with E-state index in [1.807, 2.05) is 0 Å². The van der Waals surface area contributed by atoms with E-state index in [1.165, 1.54) is 21.8 Å². The van der Waals surface area contributed by atoms with Crippen LogP contribution in [0.25, 0.3) is 22.3 Å². The molecule has 4 aromatic rings. The van der Waals surface area contributed by atoms with E-state index in [1.54, 1.807) is 0 Å². The SMILES string of the molecule is Nc1nc2c(ncn2[C@@H]2O[C@@H]3COP(=O)(O)O[C@H]3[C@H]2O)c(=O)[nH]1.Nc1nc2c(ncn2[C@@H]2O[C@@H]3COP(=O)(O)O[C@H]3[C@H]2O)c(=O)[nH]1. The second kappa shape index (κ2) is 11.0. The van der Waals surface area contributed by atoms with Gasteiger partial charge in [-0.1, -0.05) is 0 Å². The number of aliphatic hydroxyl groups is 2. The zero-order chi connectivity index (χ0) is 32.7. The highest BCUT2D eigenvalue weighted by Crippen LogP contribution is 2.53. The molecule has 248 valence electrons. The lowest BCUT2D eigenvalue weighted by Crippen LogP contribution is -2.39. The van der Waals surface area contributed by atoms with Crippen LogP contribution in [-0.4, -0.2) is 109 Å². The van der Waals surface area contributed by atoms with Gasteiger partial charge >= 0.3 is 15.6 Å². The fourth-order valence-corrected chi connectivity index (χ4v) is 7.32. The Morgan fingerprint density at radius 1 is 0.761 bits per heavy atom. The molecule has 0 saturated carbocycles. The summed E-state index contributed by atoms with van der Waals surface area (Å²) in [5.41, 5.74) is 10.2. The topological polar surface area (TPSA) is 350 Å². The van der Waals surface area contributed by atoms with Gasteiger partial charge in [-0.2, -0.15) is 9.97 Å². The van der Waals surface area contributed by atoms with E-state index < -0.39 is 75.8 Å². The molecule has 0 amide bonds. The number of nitrogens with zero attached hydrogens (tertiary/aromatic N) is 6. The molecule has 0 aromatic carbocycles. The lowest BCUT2D eigenvalue weighted by atomic mass is 10.1. The summed E-state index contributed by atoms with van der Waals surface area (Å²) < 4.78 is 55.8. The van der Waals surface area contributed by atoms with E-state index in [2.05, 4.69) is 39.0 Å². The van der Waals surface area contributed by atoms with Gasteiger partial charge in [0.05, 0.1) is 25.9 Å². The molecule has 2 unspecified atom stereocenters. The number of aromatic amines is 2. The van der Waals surface area contributed by atoms with Crippen LogP contribution in [0.2, 0.25) is 0 Å². The number of hydrogen-bond acceptors (Lipinski definition) is 18. The highest BCUT2D eigenvalue weighted by Gasteiger charge is 2.54. The Morgan fingerprint density at radius 3 is 1.54 bits per heavy atom. The van der Waals surface area contributed by atoms with Crippen molar-refractivity contribution >= 4 is 49.9 Å². The number of rotatable bonds is 2. The molecule has 4 saturated heterocycles. The van der Waals surface area contributed by atoms with Crippen molar-refractivity contribution in [3.63, 3.8) is 0 Å². The van der Waals surface area contributed by atoms with Crippen LogP contribution in [0.15, 0.2) is 22.2 Å². The number of hydrogen-bond donors (Lipinski definition) is 8. The van der Waals surface area contributed by atoms with Crippen molar-refractivity contribution in [2.75, 3.05) is 24.7 Å². The average Bonchev–Trinajstić information content (AvgIpc) is 3.73. The second-order valence-electron chi connectivity index (χ2n) is 10.3. The van der Waals surface area contributed by atoms with Crippen molar-refractivity contribution in [3.05, 3.63) is 33.4 Å². The van der Waals surface area contributed by atoms with Crippen LogP contribution < -0.4 is 22.6 Å². The van der Waals surface area contributed by atoms with Crippen molar-refractivity contribution in [1.29, 1.82) is 0 Å². The summed E-state index contributed by atoms with van der Waals surface area (Å²) in [6.07, 6.45) is -5.71. The number of nitrogens with one attached hydrogen (secondary N) is 2. The molecule has 10 atom stereocenters. The maximum Gasteiger partial charge on any atom is 0.472 e. The summed E-state index contributed by atoms with van der Waals surface area (Å²) in [6, 6.07) is 0. The number of nitrogen functional groups attached to an aromatic ring is 2. The first-order chi connectivity index (χ1) is 21.7. The average molecular weight is 690 g/mol. The number of aliphatic hydroxyl groups excluding tert-OH is 2. The van der Waals surface area contributed by atoms with Crippen molar-refractivity contribution in [2.24, 2.45) is 0 Å². The van der Waals surface area contributed by atoms with Crippen molar-refractivity contribution in [1.82, 2.24) is 39.0 Å². The van der Waals surface area contributed by atoms with Gasteiger partial charge in [0.25, 0.3) is 11.1 Å². The third kappa shape index (κ3) is 5.33. The van der Waals surface area contributed by atoms with Gasteiger partial charge in [-0.15, -0.1) is 0 Å². The molecular weight excluding hydrogens is 666 g/mol. The quantitative estimate of drug-likeness (QED) is 0.0968. The molecule has 26 heteroatoms. The van der Waals surface area contributed by atoms with E-state index in [4.69, 9.17) is 30.0 Å². The number of imidazole rings is 2. The molecule has 0 spiro atoms. The van der Waals surface area contributed by atoms with Gasteiger partial charge in [0.2, 0.25) is 11.9 Å². The number of phosphoric ester groups is 2. The molecular formula is C20H24N10O14P2. The Bertz CT molecular complexity index is 1900. The number of anilines is 2. The third-order valence-electron chi connectivity index (χ3n) is 7.38. The van der Waals surface area contributed by atoms with E-state index in [0.717, 1.165) is 0 Å². The molecule has 24 nitrogen and oxygen atoms in total. The molecule has 0 radical (unpaired) electrons. The summed E-state index contributed by atoms with van der Waals surface area (Å²) in [4.78, 5) is 62.7. The zero-order valence-electron chi connectivity index (χ0n) is 22.8. The highest BCUT2D eigenvalue weighted by atomic mass is 31.2. The van der Waals surface area contributed by atoms with Crippen LogP contribution in [0.5, 0.6) is 0 Å². The minimum Gasteiger partial charge on any atom is -0.386 e. The van der Waals surface area contributed by atoms with Crippen LogP contribution in [0, 0.1) is 0 Å². The maximum atomic E-state index is 11.8. The number of nitrogens with two attached hydrogens (primary N) is 2. The maximum absolute atomic E-state index is 11.8. The minimum absolute atomic E-state index is 0.0230. The van der Waals surface area contributed by atoms with Crippen LogP contribution in [0.3, 0.4) is 0 Å². The highest BCUT2D eigenvalue weighted by molar-refractivity contribution is 7.47. The fourth-order valence-electron chi connectivity index (χ4n) is 5.39. The summed E-state index contributed by atoms with van der Waals surface area (Å²) >= 11 is 0. The van der Waals surface area contributed by atoms with Crippen LogP contribution in [0.1, 0.15) is 12.5 Å². The van der Waals surface area contributed by atoms with Gasteiger partial charge in [-0.05, 0) is 0 Å². The van der Waals surface area contributed by atoms with E-state index in [0.29, 0.717) is 0 Å². The third-order valence-corrected chi connectivity index (χ3v) is 9.35. The monoisotopic (exact) mass is 690 g/mol. The van der Waals surface area contributed by atoms with Gasteiger partial charge < -0.3 is 40.9 Å². The van der Waals surface area contributed by atoms with Crippen molar-refractivity contribution < 1.29 is 56.7 Å². The molecule has 4 fully saturated rings. The largest absolute Gasteiger partial charge is 0.472 e. The zero-order valence-corrected chi connectivity index (χ0v) is 24.6. The summed E-state index contributed by atoms with van der Waals surface area (Å²) in [5.74, 6) is -0.234. The van der Waals surface area contributed by atoms with Gasteiger partial charge in [-0.3, -0.25) is 46.8 Å². The Kier molecular flexibility index (Phi) is 7.39. The number of ether oxygens (including phenoxy) is 2. The first kappa shape index (κ1) is 31.0. The van der Waals surface area contributed by atoms with Crippen LogP contribution in [-0.2, 0) is 36.7 Å². The first-order valence-corrected chi connectivity index (χ1v) is 16.1. The lowest BCUT2D eigenvalue weighted by Gasteiger charge is -2.27. The Hall–Kier alpha value is -3.64.